The summed E-state index contributed by atoms with van der Waals surface area (Å²) < 4.78 is 11.4. The molecule has 0 aliphatic heterocycles. The lowest BCUT2D eigenvalue weighted by molar-refractivity contribution is 0.274. The van der Waals surface area contributed by atoms with Crippen LogP contribution in [0.1, 0.15) is 11.3 Å². The van der Waals surface area contributed by atoms with E-state index in [1.807, 2.05) is 54.6 Å². The molecule has 96 valence electrons. The normalized spacial score (nSPS) is 10.8. The van der Waals surface area contributed by atoms with Crippen LogP contribution >= 0.6 is 0 Å². The van der Waals surface area contributed by atoms with Crippen LogP contribution in [0.15, 0.2) is 59.0 Å². The van der Waals surface area contributed by atoms with Crippen LogP contribution in [0.25, 0.3) is 11.0 Å². The molecule has 0 aliphatic rings. The number of benzene rings is 2. The van der Waals surface area contributed by atoms with E-state index in [1.165, 1.54) is 0 Å². The second kappa shape index (κ2) is 5.16. The van der Waals surface area contributed by atoms with Crippen molar-refractivity contribution in [1.82, 2.24) is 0 Å². The summed E-state index contributed by atoms with van der Waals surface area (Å²) in [5, 5.41) is 1.07. The van der Waals surface area contributed by atoms with Gasteiger partial charge in [0.25, 0.3) is 0 Å². The van der Waals surface area contributed by atoms with Gasteiger partial charge in [0, 0.05) is 11.9 Å². The second-order valence-electron chi connectivity index (χ2n) is 4.39. The van der Waals surface area contributed by atoms with Crippen molar-refractivity contribution in [1.29, 1.82) is 0 Å². The van der Waals surface area contributed by atoms with E-state index in [0.29, 0.717) is 13.2 Å². The minimum absolute atomic E-state index is 0.427. The molecule has 2 aromatic carbocycles. The third kappa shape index (κ3) is 2.61. The fourth-order valence-corrected chi connectivity index (χ4v) is 2.00. The first-order valence-electron chi connectivity index (χ1n) is 6.24. The molecule has 0 bridgehead atoms. The Bertz CT molecular complexity index is 674. The van der Waals surface area contributed by atoms with Gasteiger partial charge in [0.15, 0.2) is 0 Å². The van der Waals surface area contributed by atoms with E-state index in [4.69, 9.17) is 14.9 Å². The molecule has 0 spiro atoms. The zero-order chi connectivity index (χ0) is 13.1. The van der Waals surface area contributed by atoms with Crippen molar-refractivity contribution < 1.29 is 9.15 Å². The number of fused-ring (bicyclic) bond motifs is 1. The Morgan fingerprint density at radius 3 is 2.63 bits per heavy atom. The Hall–Kier alpha value is -2.26. The molecule has 19 heavy (non-hydrogen) atoms. The van der Waals surface area contributed by atoms with E-state index >= 15 is 0 Å². The molecule has 1 heterocycles. The molecule has 3 heteroatoms. The standard InChI is InChI=1S/C16H15NO2/c17-10-12-6-7-13-9-15(19-16(13)8-12)11-18-14-4-2-1-3-5-14/h1-9H,10-11,17H2. The van der Waals surface area contributed by atoms with Crippen molar-refractivity contribution in [3.05, 3.63) is 65.9 Å². The van der Waals surface area contributed by atoms with Crippen LogP contribution in [-0.4, -0.2) is 0 Å². The third-order valence-corrected chi connectivity index (χ3v) is 3.00. The lowest BCUT2D eigenvalue weighted by Crippen LogP contribution is -1.94. The molecule has 0 fully saturated rings. The van der Waals surface area contributed by atoms with Crippen molar-refractivity contribution in [2.24, 2.45) is 5.73 Å². The number of para-hydroxylation sites is 1. The molecule has 0 atom stereocenters. The second-order valence-corrected chi connectivity index (χ2v) is 4.39. The van der Waals surface area contributed by atoms with Crippen LogP contribution in [0.5, 0.6) is 5.75 Å². The summed E-state index contributed by atoms with van der Waals surface area (Å²) in [5.41, 5.74) is 7.54. The Morgan fingerprint density at radius 1 is 1.00 bits per heavy atom. The monoisotopic (exact) mass is 253 g/mol. The smallest absolute Gasteiger partial charge is 0.146 e. The van der Waals surface area contributed by atoms with Gasteiger partial charge >= 0.3 is 0 Å². The maximum absolute atomic E-state index is 5.75. The lowest BCUT2D eigenvalue weighted by Gasteiger charge is -2.02. The van der Waals surface area contributed by atoms with Crippen LogP contribution in [-0.2, 0) is 13.2 Å². The van der Waals surface area contributed by atoms with Gasteiger partial charge in [-0.1, -0.05) is 30.3 Å². The highest BCUT2D eigenvalue weighted by atomic mass is 16.5. The van der Waals surface area contributed by atoms with Gasteiger partial charge in [-0.05, 0) is 29.8 Å². The van der Waals surface area contributed by atoms with Crippen LogP contribution in [0.2, 0.25) is 0 Å². The summed E-state index contributed by atoms with van der Waals surface area (Å²) >= 11 is 0. The van der Waals surface area contributed by atoms with Gasteiger partial charge in [-0.25, -0.2) is 0 Å². The maximum Gasteiger partial charge on any atom is 0.146 e. The van der Waals surface area contributed by atoms with Crippen LogP contribution in [0.4, 0.5) is 0 Å². The number of furan rings is 1. The highest BCUT2D eigenvalue weighted by molar-refractivity contribution is 5.78. The number of hydrogen-bond donors (Lipinski definition) is 1. The van der Waals surface area contributed by atoms with Crippen molar-refractivity contribution >= 4 is 11.0 Å². The average Bonchev–Trinajstić information content (AvgIpc) is 2.88. The summed E-state index contributed by atoms with van der Waals surface area (Å²) in [6.45, 7) is 0.948. The summed E-state index contributed by atoms with van der Waals surface area (Å²) in [6.07, 6.45) is 0. The zero-order valence-electron chi connectivity index (χ0n) is 10.5. The fraction of sp³-hybridized carbons (Fsp3) is 0.125. The lowest BCUT2D eigenvalue weighted by atomic mass is 10.2. The van der Waals surface area contributed by atoms with Gasteiger partial charge < -0.3 is 14.9 Å². The van der Waals surface area contributed by atoms with Crippen LogP contribution in [0, 0.1) is 0 Å². The minimum atomic E-state index is 0.427. The van der Waals surface area contributed by atoms with Gasteiger partial charge in [-0.15, -0.1) is 0 Å². The van der Waals surface area contributed by atoms with Gasteiger partial charge in [0.2, 0.25) is 0 Å². The first-order valence-corrected chi connectivity index (χ1v) is 6.24. The van der Waals surface area contributed by atoms with Crippen molar-refractivity contribution in [2.45, 2.75) is 13.2 Å². The average molecular weight is 253 g/mol. The molecule has 1 aromatic heterocycles. The van der Waals surface area contributed by atoms with E-state index < -0.39 is 0 Å². The highest BCUT2D eigenvalue weighted by Crippen LogP contribution is 2.22. The first kappa shape index (κ1) is 11.8. The SMILES string of the molecule is NCc1ccc2cc(COc3ccccc3)oc2c1. The Labute approximate surface area is 111 Å². The molecule has 0 radical (unpaired) electrons. The first-order chi connectivity index (χ1) is 9.35. The van der Waals surface area contributed by atoms with Crippen LogP contribution < -0.4 is 10.5 Å². The third-order valence-electron chi connectivity index (χ3n) is 3.00. The molecule has 3 nitrogen and oxygen atoms in total. The van der Waals surface area contributed by atoms with E-state index in [1.54, 1.807) is 0 Å². The Morgan fingerprint density at radius 2 is 1.84 bits per heavy atom. The molecular formula is C16H15NO2. The van der Waals surface area contributed by atoms with Crippen LogP contribution in [0.3, 0.4) is 0 Å². The van der Waals surface area contributed by atoms with E-state index in [0.717, 1.165) is 28.0 Å². The summed E-state index contributed by atoms with van der Waals surface area (Å²) in [4.78, 5) is 0. The maximum atomic E-state index is 5.75. The zero-order valence-corrected chi connectivity index (χ0v) is 10.5. The van der Waals surface area contributed by atoms with Gasteiger partial charge in [0.1, 0.15) is 23.7 Å². The quantitative estimate of drug-likeness (QED) is 0.774. The molecular weight excluding hydrogens is 238 g/mol. The van der Waals surface area contributed by atoms with Gasteiger partial charge in [0.05, 0.1) is 0 Å². The Balaban J connectivity index is 1.78. The molecule has 2 N–H and O–H groups in total. The molecule has 0 unspecified atom stereocenters. The topological polar surface area (TPSA) is 48.4 Å². The highest BCUT2D eigenvalue weighted by Gasteiger charge is 2.05. The predicted octanol–water partition coefficient (Wildman–Crippen LogP) is 3.47. The molecule has 0 aliphatic carbocycles. The van der Waals surface area contributed by atoms with E-state index in [-0.39, 0.29) is 0 Å². The number of ether oxygens (including phenoxy) is 1. The summed E-state index contributed by atoms with van der Waals surface area (Å²) in [5.74, 6) is 1.65. The minimum Gasteiger partial charge on any atom is -0.486 e. The summed E-state index contributed by atoms with van der Waals surface area (Å²) in [6, 6.07) is 17.7. The number of rotatable bonds is 4. The van der Waals surface area contributed by atoms with Crippen molar-refractivity contribution in [3.63, 3.8) is 0 Å². The van der Waals surface area contributed by atoms with Crippen molar-refractivity contribution in [3.8, 4) is 5.75 Å². The van der Waals surface area contributed by atoms with E-state index in [2.05, 4.69) is 0 Å². The van der Waals surface area contributed by atoms with Gasteiger partial charge in [-0.3, -0.25) is 0 Å². The molecule has 0 saturated carbocycles. The largest absolute Gasteiger partial charge is 0.486 e. The molecule has 3 aromatic rings. The predicted molar refractivity (Wildman–Crippen MR) is 74.9 cm³/mol. The van der Waals surface area contributed by atoms with Crippen molar-refractivity contribution in [2.75, 3.05) is 0 Å². The van der Waals surface area contributed by atoms with E-state index in [9.17, 15) is 0 Å². The van der Waals surface area contributed by atoms with Gasteiger partial charge in [-0.2, -0.15) is 0 Å². The molecule has 0 amide bonds. The number of hydrogen-bond acceptors (Lipinski definition) is 3. The molecule has 3 rings (SSSR count). The summed E-state index contributed by atoms with van der Waals surface area (Å²) in [7, 11) is 0. The molecule has 0 saturated heterocycles. The fourth-order valence-electron chi connectivity index (χ4n) is 2.00. The number of nitrogens with two attached hydrogens (primary N) is 1. The Kier molecular flexibility index (Phi) is 3.21.